The highest BCUT2D eigenvalue weighted by atomic mass is 16.5. The molecule has 6 nitrogen and oxygen atoms in total. The van der Waals surface area contributed by atoms with Crippen LogP contribution in [-0.2, 0) is 9.59 Å². The summed E-state index contributed by atoms with van der Waals surface area (Å²) < 4.78 is 10.5. The van der Waals surface area contributed by atoms with E-state index in [1.54, 1.807) is 25.3 Å². The second kappa shape index (κ2) is 6.81. The minimum Gasteiger partial charge on any atom is -0.493 e. The van der Waals surface area contributed by atoms with Crippen molar-refractivity contribution in [2.45, 2.75) is 32.2 Å². The molecule has 6 heteroatoms. The van der Waals surface area contributed by atoms with Crippen LogP contribution >= 0.6 is 0 Å². The van der Waals surface area contributed by atoms with Gasteiger partial charge >= 0.3 is 0 Å². The highest BCUT2D eigenvalue weighted by Gasteiger charge is 2.43. The van der Waals surface area contributed by atoms with Crippen molar-refractivity contribution in [1.29, 1.82) is 0 Å². The summed E-state index contributed by atoms with van der Waals surface area (Å²) in [4.78, 5) is 28.7. The van der Waals surface area contributed by atoms with Crippen LogP contribution in [-0.4, -0.2) is 50.1 Å². The number of hydrogen-bond acceptors (Lipinski definition) is 5. The zero-order valence-electron chi connectivity index (χ0n) is 14.4. The first kappa shape index (κ1) is 16.8. The molecule has 0 spiro atoms. The Labute approximate surface area is 142 Å². The smallest absolute Gasteiger partial charge is 0.251 e. The molecule has 1 aromatic rings. The lowest BCUT2D eigenvalue weighted by atomic mass is 9.97. The fraction of sp³-hybridized carbons (Fsp3) is 0.556. The molecule has 1 unspecified atom stereocenters. The number of carbonyl (C=O) groups is 2. The number of benzene rings is 1. The second-order valence-corrected chi connectivity index (χ2v) is 6.55. The van der Waals surface area contributed by atoms with Crippen molar-refractivity contribution < 1.29 is 19.1 Å². The first-order valence-electron chi connectivity index (χ1n) is 8.38. The van der Waals surface area contributed by atoms with Crippen LogP contribution in [0.1, 0.15) is 26.2 Å². The molecule has 2 heterocycles. The van der Waals surface area contributed by atoms with E-state index >= 15 is 0 Å². The van der Waals surface area contributed by atoms with Gasteiger partial charge in [-0.15, -0.1) is 0 Å². The lowest BCUT2D eigenvalue weighted by Crippen LogP contribution is -2.45. The number of rotatable bonds is 4. The van der Waals surface area contributed by atoms with Gasteiger partial charge in [-0.2, -0.15) is 0 Å². The molecule has 0 saturated carbocycles. The average molecular weight is 332 g/mol. The van der Waals surface area contributed by atoms with E-state index in [4.69, 9.17) is 9.47 Å². The number of amides is 2. The fourth-order valence-corrected chi connectivity index (χ4v) is 3.48. The van der Waals surface area contributed by atoms with Gasteiger partial charge in [0.15, 0.2) is 11.5 Å². The first-order valence-corrected chi connectivity index (χ1v) is 8.38. The van der Waals surface area contributed by atoms with E-state index in [9.17, 15) is 9.59 Å². The number of ether oxygens (including phenoxy) is 2. The summed E-state index contributed by atoms with van der Waals surface area (Å²) in [6, 6.07) is 4.77. The molecule has 24 heavy (non-hydrogen) atoms. The van der Waals surface area contributed by atoms with Crippen LogP contribution < -0.4 is 14.4 Å². The largest absolute Gasteiger partial charge is 0.493 e. The Hall–Kier alpha value is -2.08. The highest BCUT2D eigenvalue weighted by Crippen LogP contribution is 2.34. The van der Waals surface area contributed by atoms with Gasteiger partial charge in [0.25, 0.3) is 5.91 Å². The maximum atomic E-state index is 12.8. The van der Waals surface area contributed by atoms with Crippen LogP contribution in [0.2, 0.25) is 0 Å². The molecule has 0 N–H and O–H groups in total. The van der Waals surface area contributed by atoms with Crippen LogP contribution in [0, 0.1) is 5.92 Å². The Balaban J connectivity index is 1.82. The van der Waals surface area contributed by atoms with Crippen molar-refractivity contribution in [2.75, 3.05) is 32.2 Å². The summed E-state index contributed by atoms with van der Waals surface area (Å²) in [7, 11) is 3.09. The van der Waals surface area contributed by atoms with Gasteiger partial charge in [0, 0.05) is 6.07 Å². The Kier molecular flexibility index (Phi) is 4.76. The van der Waals surface area contributed by atoms with Crippen molar-refractivity contribution in [3.05, 3.63) is 18.2 Å². The third-order valence-electron chi connectivity index (χ3n) is 5.01. The Bertz CT molecular complexity index is 638. The third-order valence-corrected chi connectivity index (χ3v) is 5.01. The number of carbonyl (C=O) groups excluding carboxylic acids is 2. The third kappa shape index (κ3) is 2.98. The first-order chi connectivity index (χ1) is 11.5. The Morgan fingerprint density at radius 2 is 1.71 bits per heavy atom. The van der Waals surface area contributed by atoms with Gasteiger partial charge in [0.05, 0.1) is 32.4 Å². The average Bonchev–Trinajstić information content (AvgIpc) is 2.89. The zero-order chi connectivity index (χ0) is 17.3. The van der Waals surface area contributed by atoms with E-state index in [-0.39, 0.29) is 24.3 Å². The Morgan fingerprint density at radius 3 is 2.33 bits per heavy atom. The molecule has 2 fully saturated rings. The number of anilines is 1. The van der Waals surface area contributed by atoms with E-state index in [0.717, 1.165) is 25.9 Å². The highest BCUT2D eigenvalue weighted by molar-refractivity contribution is 6.22. The molecular formula is C18H24N2O4. The predicted molar refractivity (Wildman–Crippen MR) is 90.4 cm³/mol. The van der Waals surface area contributed by atoms with Crippen molar-refractivity contribution in [2.24, 2.45) is 5.92 Å². The monoisotopic (exact) mass is 332 g/mol. The van der Waals surface area contributed by atoms with Gasteiger partial charge < -0.3 is 9.47 Å². The molecular weight excluding hydrogens is 308 g/mol. The predicted octanol–water partition coefficient (Wildman–Crippen LogP) is 2.07. The molecule has 3 rings (SSSR count). The van der Waals surface area contributed by atoms with E-state index in [1.165, 1.54) is 12.0 Å². The second-order valence-electron chi connectivity index (χ2n) is 6.55. The lowest BCUT2D eigenvalue weighted by molar-refractivity contribution is -0.123. The molecule has 130 valence electrons. The molecule has 2 aliphatic heterocycles. The molecule has 0 bridgehead atoms. The molecule has 2 amide bonds. The summed E-state index contributed by atoms with van der Waals surface area (Å²) in [6.45, 7) is 3.99. The minimum absolute atomic E-state index is 0.137. The molecule has 0 aromatic heterocycles. The normalized spacial score (nSPS) is 23.0. The number of nitrogens with zero attached hydrogens (tertiary/aromatic N) is 2. The van der Waals surface area contributed by atoms with Gasteiger partial charge in [0.2, 0.25) is 5.91 Å². The van der Waals surface area contributed by atoms with Crippen LogP contribution in [0.25, 0.3) is 0 Å². The molecule has 2 aliphatic rings. The molecule has 0 aliphatic carbocycles. The van der Waals surface area contributed by atoms with Gasteiger partial charge in [-0.25, -0.2) is 4.90 Å². The fourth-order valence-electron chi connectivity index (χ4n) is 3.48. The maximum absolute atomic E-state index is 12.8. The van der Waals surface area contributed by atoms with Crippen LogP contribution in [0.5, 0.6) is 11.5 Å². The summed E-state index contributed by atoms with van der Waals surface area (Å²) in [6.07, 6.45) is 2.41. The molecule has 0 radical (unpaired) electrons. The minimum atomic E-state index is -0.335. The van der Waals surface area contributed by atoms with Crippen molar-refractivity contribution in [1.82, 2.24) is 4.90 Å². The number of imide groups is 1. The molecule has 2 saturated heterocycles. The van der Waals surface area contributed by atoms with Gasteiger partial charge in [0.1, 0.15) is 0 Å². The quantitative estimate of drug-likeness (QED) is 0.790. The van der Waals surface area contributed by atoms with E-state index in [2.05, 4.69) is 11.8 Å². The van der Waals surface area contributed by atoms with E-state index in [0.29, 0.717) is 23.1 Å². The van der Waals surface area contributed by atoms with Gasteiger partial charge in [-0.05, 0) is 44.0 Å². The number of piperidine rings is 1. The van der Waals surface area contributed by atoms with Gasteiger partial charge in [-0.1, -0.05) is 6.92 Å². The molecule has 1 atom stereocenters. The standard InChI is InChI=1S/C18H24N2O4/c1-12-6-8-19(9-7-12)14-11-17(21)20(18(14)22)13-4-5-15(23-2)16(10-13)24-3/h4-5,10,12,14H,6-9,11H2,1-3H3. The maximum Gasteiger partial charge on any atom is 0.251 e. The summed E-state index contributed by atoms with van der Waals surface area (Å²) in [5.74, 6) is 1.47. The van der Waals surface area contributed by atoms with Gasteiger partial charge in [-0.3, -0.25) is 14.5 Å². The number of methoxy groups -OCH3 is 2. The van der Waals surface area contributed by atoms with Crippen LogP contribution in [0.15, 0.2) is 18.2 Å². The van der Waals surface area contributed by atoms with Crippen molar-refractivity contribution in [3.63, 3.8) is 0 Å². The number of hydrogen-bond donors (Lipinski definition) is 0. The molecule has 1 aromatic carbocycles. The van der Waals surface area contributed by atoms with Crippen molar-refractivity contribution >= 4 is 17.5 Å². The number of likely N-dealkylation sites (tertiary alicyclic amines) is 1. The SMILES string of the molecule is COc1ccc(N2C(=O)CC(N3CCC(C)CC3)C2=O)cc1OC. The van der Waals surface area contributed by atoms with Crippen LogP contribution in [0.3, 0.4) is 0 Å². The van der Waals surface area contributed by atoms with E-state index in [1.807, 2.05) is 0 Å². The Morgan fingerprint density at radius 1 is 1.04 bits per heavy atom. The summed E-state index contributed by atoms with van der Waals surface area (Å²) in [5.41, 5.74) is 0.538. The topological polar surface area (TPSA) is 59.1 Å². The lowest BCUT2D eigenvalue weighted by Gasteiger charge is -2.33. The zero-order valence-corrected chi connectivity index (χ0v) is 14.4. The van der Waals surface area contributed by atoms with E-state index < -0.39 is 0 Å². The van der Waals surface area contributed by atoms with Crippen LogP contribution in [0.4, 0.5) is 5.69 Å². The summed E-state index contributed by atoms with van der Waals surface area (Å²) in [5, 5.41) is 0. The van der Waals surface area contributed by atoms with Crippen molar-refractivity contribution in [3.8, 4) is 11.5 Å². The summed E-state index contributed by atoms with van der Waals surface area (Å²) >= 11 is 0.